The Labute approximate surface area is 123 Å². The van der Waals surface area contributed by atoms with Gasteiger partial charge in [-0.05, 0) is 42.7 Å². The quantitative estimate of drug-likeness (QED) is 0.888. The van der Waals surface area contributed by atoms with Crippen LogP contribution in [0.3, 0.4) is 0 Å². The molecule has 0 unspecified atom stereocenters. The van der Waals surface area contributed by atoms with Crippen LogP contribution < -0.4 is 5.32 Å². The van der Waals surface area contributed by atoms with Crippen molar-refractivity contribution in [2.45, 2.75) is 17.2 Å². The molecule has 2 rings (SSSR count). The highest BCUT2D eigenvalue weighted by Gasteiger charge is 2.06. The Kier molecular flexibility index (Phi) is 4.77. The zero-order chi connectivity index (χ0) is 14.6. The van der Waals surface area contributed by atoms with Gasteiger partial charge in [0.05, 0.1) is 17.2 Å². The fraction of sp³-hybridized carbons (Fsp3) is 0.286. The number of benzene rings is 1. The average Bonchev–Trinajstić information content (AvgIpc) is 2.84. The molecule has 0 spiro atoms. The second kappa shape index (κ2) is 6.37. The highest BCUT2D eigenvalue weighted by atomic mass is 32.2. The monoisotopic (exact) mass is 311 g/mol. The molecule has 6 heteroatoms. The van der Waals surface area contributed by atoms with E-state index in [2.05, 4.69) is 5.32 Å². The lowest BCUT2D eigenvalue weighted by Crippen LogP contribution is -2.00. The van der Waals surface area contributed by atoms with Crippen LogP contribution in [0.2, 0.25) is 0 Å². The topological polar surface area (TPSA) is 59.3 Å². The maximum absolute atomic E-state index is 11.4. The van der Waals surface area contributed by atoms with Crippen LogP contribution in [-0.2, 0) is 22.1 Å². The summed E-state index contributed by atoms with van der Waals surface area (Å²) in [6.07, 6.45) is 3.23. The maximum Gasteiger partial charge on any atom is 0.175 e. The summed E-state index contributed by atoms with van der Waals surface area (Å²) < 4.78 is 28.3. The van der Waals surface area contributed by atoms with E-state index in [0.29, 0.717) is 11.4 Å². The summed E-state index contributed by atoms with van der Waals surface area (Å²) in [6.45, 7) is 0.576. The number of nitrogens with one attached hydrogen (secondary N) is 1. The van der Waals surface area contributed by atoms with Crippen LogP contribution in [0.15, 0.2) is 45.7 Å². The molecule has 0 radical (unpaired) electrons. The molecule has 2 aromatic rings. The fourth-order valence-electron chi connectivity index (χ4n) is 1.75. The van der Waals surface area contributed by atoms with Crippen molar-refractivity contribution in [1.82, 2.24) is 0 Å². The molecule has 0 fully saturated rings. The van der Waals surface area contributed by atoms with Crippen molar-refractivity contribution >= 4 is 27.3 Å². The third-order valence-electron chi connectivity index (χ3n) is 2.75. The van der Waals surface area contributed by atoms with Crippen molar-refractivity contribution in [2.24, 2.45) is 0 Å². The van der Waals surface area contributed by atoms with Crippen molar-refractivity contribution in [3.05, 3.63) is 47.9 Å². The van der Waals surface area contributed by atoms with Crippen molar-refractivity contribution in [3.8, 4) is 0 Å². The third-order valence-corrected chi connectivity index (χ3v) is 4.45. The van der Waals surface area contributed by atoms with Gasteiger partial charge in [0.25, 0.3) is 0 Å². The van der Waals surface area contributed by atoms with Gasteiger partial charge in [-0.15, -0.1) is 0 Å². The minimum absolute atomic E-state index is 0.323. The molecule has 1 aromatic heterocycles. The van der Waals surface area contributed by atoms with E-state index in [-0.39, 0.29) is 0 Å². The number of thioether (sulfide) groups is 1. The van der Waals surface area contributed by atoms with Crippen LogP contribution in [0.25, 0.3) is 0 Å². The minimum atomic E-state index is -3.14. The molecule has 1 heterocycles. The van der Waals surface area contributed by atoms with E-state index in [1.54, 1.807) is 36.0 Å². The van der Waals surface area contributed by atoms with Gasteiger partial charge >= 0.3 is 0 Å². The van der Waals surface area contributed by atoms with Crippen LogP contribution in [0, 0.1) is 0 Å². The average molecular weight is 311 g/mol. The molecular formula is C14H17NO3S2. The molecule has 0 atom stereocenters. The molecule has 0 amide bonds. The third kappa shape index (κ3) is 4.05. The molecule has 0 saturated carbocycles. The SMILES string of the molecule is CSCc1ccc(CNc2ccc(S(C)(=O)=O)cc2)o1. The van der Waals surface area contributed by atoms with E-state index in [9.17, 15) is 8.42 Å². The molecule has 1 aromatic carbocycles. The van der Waals surface area contributed by atoms with Crippen molar-refractivity contribution in [3.63, 3.8) is 0 Å². The van der Waals surface area contributed by atoms with Gasteiger partial charge in [-0.25, -0.2) is 8.42 Å². The Morgan fingerprint density at radius 1 is 1.10 bits per heavy atom. The van der Waals surface area contributed by atoms with Gasteiger partial charge in [-0.1, -0.05) is 0 Å². The molecule has 0 aliphatic carbocycles. The van der Waals surface area contributed by atoms with Crippen LogP contribution in [0.4, 0.5) is 5.69 Å². The standard InChI is InChI=1S/C14H17NO3S2/c1-19-10-13-6-5-12(18-13)9-15-11-3-7-14(8-4-11)20(2,16)17/h3-8,15H,9-10H2,1-2H3. The van der Waals surface area contributed by atoms with Gasteiger partial charge in [0.1, 0.15) is 11.5 Å². The second-order valence-corrected chi connectivity index (χ2v) is 7.33. The van der Waals surface area contributed by atoms with Crippen molar-refractivity contribution in [1.29, 1.82) is 0 Å². The van der Waals surface area contributed by atoms with E-state index in [1.165, 1.54) is 6.26 Å². The van der Waals surface area contributed by atoms with Crippen LogP contribution in [-0.4, -0.2) is 20.9 Å². The predicted molar refractivity (Wildman–Crippen MR) is 82.8 cm³/mol. The number of anilines is 1. The van der Waals surface area contributed by atoms with Gasteiger partial charge in [0.2, 0.25) is 0 Å². The Morgan fingerprint density at radius 2 is 1.75 bits per heavy atom. The highest BCUT2D eigenvalue weighted by Crippen LogP contribution is 2.17. The maximum atomic E-state index is 11.4. The van der Waals surface area contributed by atoms with E-state index >= 15 is 0 Å². The molecule has 4 nitrogen and oxygen atoms in total. The molecular weight excluding hydrogens is 294 g/mol. The zero-order valence-corrected chi connectivity index (χ0v) is 13.1. The molecule has 0 aliphatic heterocycles. The fourth-order valence-corrected chi connectivity index (χ4v) is 2.82. The lowest BCUT2D eigenvalue weighted by molar-refractivity contribution is 0.487. The van der Waals surface area contributed by atoms with E-state index in [0.717, 1.165) is 23.0 Å². The molecule has 0 saturated heterocycles. The number of hydrogen-bond acceptors (Lipinski definition) is 5. The van der Waals surface area contributed by atoms with Crippen LogP contribution in [0.5, 0.6) is 0 Å². The lowest BCUT2D eigenvalue weighted by Gasteiger charge is -2.05. The van der Waals surface area contributed by atoms with E-state index < -0.39 is 9.84 Å². The van der Waals surface area contributed by atoms with Gasteiger partial charge in [0.15, 0.2) is 9.84 Å². The number of rotatable bonds is 6. The van der Waals surface area contributed by atoms with Crippen molar-refractivity contribution < 1.29 is 12.8 Å². The molecule has 108 valence electrons. The molecule has 0 bridgehead atoms. The Bertz CT molecular complexity index is 660. The van der Waals surface area contributed by atoms with Crippen LogP contribution >= 0.6 is 11.8 Å². The first kappa shape index (κ1) is 15.0. The first-order chi connectivity index (χ1) is 9.49. The second-order valence-electron chi connectivity index (χ2n) is 4.45. The Balaban J connectivity index is 1.96. The van der Waals surface area contributed by atoms with Gasteiger partial charge in [-0.3, -0.25) is 0 Å². The first-order valence-corrected chi connectivity index (χ1v) is 9.38. The summed E-state index contributed by atoms with van der Waals surface area (Å²) in [7, 11) is -3.14. The van der Waals surface area contributed by atoms with Gasteiger partial charge in [0, 0.05) is 11.9 Å². The first-order valence-electron chi connectivity index (χ1n) is 6.09. The van der Waals surface area contributed by atoms with E-state index in [4.69, 9.17) is 4.42 Å². The normalized spacial score (nSPS) is 11.5. The minimum Gasteiger partial charge on any atom is -0.463 e. The van der Waals surface area contributed by atoms with Gasteiger partial charge in [-0.2, -0.15) is 11.8 Å². The summed E-state index contributed by atoms with van der Waals surface area (Å²) >= 11 is 1.72. The smallest absolute Gasteiger partial charge is 0.175 e. The summed E-state index contributed by atoms with van der Waals surface area (Å²) in [5.74, 6) is 2.69. The molecule has 0 aliphatic rings. The van der Waals surface area contributed by atoms with Crippen LogP contribution in [0.1, 0.15) is 11.5 Å². The predicted octanol–water partition coefficient (Wildman–Crippen LogP) is 3.16. The summed E-state index contributed by atoms with van der Waals surface area (Å²) in [5, 5.41) is 3.20. The van der Waals surface area contributed by atoms with E-state index in [1.807, 2.05) is 18.4 Å². The van der Waals surface area contributed by atoms with Crippen molar-refractivity contribution in [2.75, 3.05) is 17.8 Å². The largest absolute Gasteiger partial charge is 0.463 e. The Hall–Kier alpha value is -1.40. The molecule has 1 N–H and O–H groups in total. The summed E-state index contributed by atoms with van der Waals surface area (Å²) in [4.78, 5) is 0.323. The number of furan rings is 1. The summed E-state index contributed by atoms with van der Waals surface area (Å²) in [6, 6.07) is 10.6. The summed E-state index contributed by atoms with van der Waals surface area (Å²) in [5.41, 5.74) is 0.861. The zero-order valence-electron chi connectivity index (χ0n) is 11.4. The lowest BCUT2D eigenvalue weighted by atomic mass is 10.3. The molecule has 20 heavy (non-hydrogen) atoms. The highest BCUT2D eigenvalue weighted by molar-refractivity contribution is 7.97. The number of hydrogen-bond donors (Lipinski definition) is 1. The Morgan fingerprint density at radius 3 is 2.35 bits per heavy atom. The van der Waals surface area contributed by atoms with Gasteiger partial charge < -0.3 is 9.73 Å². The number of sulfone groups is 1.